The van der Waals surface area contributed by atoms with Crippen LogP contribution >= 0.6 is 0 Å². The van der Waals surface area contributed by atoms with Gasteiger partial charge < -0.3 is 0 Å². The first-order valence-electron chi connectivity index (χ1n) is 4.47. The monoisotopic (exact) mass is 306 g/mol. The van der Waals surface area contributed by atoms with Crippen molar-refractivity contribution in [1.82, 2.24) is 0 Å². The van der Waals surface area contributed by atoms with Gasteiger partial charge in [-0.3, -0.25) is 0 Å². The second-order valence-electron chi connectivity index (χ2n) is 4.40. The van der Waals surface area contributed by atoms with E-state index in [9.17, 15) is 0 Å². The molecule has 13 heavy (non-hydrogen) atoms. The minimum atomic E-state index is 0.358. The van der Waals surface area contributed by atoms with Crippen molar-refractivity contribution in [2.75, 3.05) is 0 Å². The van der Waals surface area contributed by atoms with E-state index >= 15 is 0 Å². The average molecular weight is 304 g/mol. The van der Waals surface area contributed by atoms with Gasteiger partial charge in [-0.25, -0.2) is 0 Å². The molecule has 0 bridgehead atoms. The maximum atomic E-state index is 2.37. The maximum absolute atomic E-state index is 2.37. The van der Waals surface area contributed by atoms with Crippen LogP contribution < -0.4 is 0 Å². The van der Waals surface area contributed by atoms with E-state index in [0.717, 1.165) is 0 Å². The summed E-state index contributed by atoms with van der Waals surface area (Å²) in [6.07, 6.45) is 0. The van der Waals surface area contributed by atoms with Crippen LogP contribution in [0.25, 0.3) is 8.52 Å². The van der Waals surface area contributed by atoms with E-state index in [1.165, 1.54) is 0 Å². The van der Waals surface area contributed by atoms with Crippen LogP contribution in [0.5, 0.6) is 0 Å². The fourth-order valence-electron chi connectivity index (χ4n) is 1.80. The molecule has 0 nitrogen and oxygen atoms in total. The van der Waals surface area contributed by atoms with Gasteiger partial charge in [-0.15, -0.1) is 0 Å². The van der Waals surface area contributed by atoms with Crippen LogP contribution in [0.2, 0.25) is 0 Å². The summed E-state index contributed by atoms with van der Waals surface area (Å²) in [6.45, 7) is 9.34. The zero-order valence-electron chi connectivity index (χ0n) is 8.47. The van der Waals surface area contributed by atoms with Crippen molar-refractivity contribution in [2.45, 2.75) is 33.1 Å². The molecule has 2 aromatic rings. The van der Waals surface area contributed by atoms with Crippen LogP contribution in [0, 0.1) is 6.92 Å². The molecule has 0 saturated heterocycles. The first-order chi connectivity index (χ1) is 6.00. The number of rotatable bonds is 0. The van der Waals surface area contributed by atoms with Gasteiger partial charge in [0.25, 0.3) is 0 Å². The topological polar surface area (TPSA) is 0 Å². The zero-order valence-corrected chi connectivity index (χ0v) is 11.9. The van der Waals surface area contributed by atoms with Gasteiger partial charge >= 0.3 is 91.6 Å². The molecular formula is C11H14Se2. The molecule has 2 heteroatoms. The molecule has 0 saturated carbocycles. The third kappa shape index (κ3) is 1.62. The summed E-state index contributed by atoms with van der Waals surface area (Å²) < 4.78 is 5.03. The van der Waals surface area contributed by atoms with Crippen LogP contribution in [0.15, 0.2) is 11.0 Å². The van der Waals surface area contributed by atoms with Crippen LogP contribution in [0.3, 0.4) is 0 Å². The molecule has 0 atom stereocenters. The Labute approximate surface area is 91.5 Å². The van der Waals surface area contributed by atoms with E-state index in [2.05, 4.69) is 38.7 Å². The molecule has 2 heterocycles. The Kier molecular flexibility index (Phi) is 2.36. The molecule has 0 fully saturated rings. The summed E-state index contributed by atoms with van der Waals surface area (Å²) in [6, 6.07) is 2.36. The molecule has 70 valence electrons. The van der Waals surface area contributed by atoms with E-state index in [1.807, 2.05) is 0 Å². The van der Waals surface area contributed by atoms with Crippen LogP contribution in [-0.4, -0.2) is 29.0 Å². The fourth-order valence-corrected chi connectivity index (χ4v) is 8.32. The Morgan fingerprint density at radius 2 is 1.92 bits per heavy atom. The SMILES string of the molecule is Cc1[se]c2cc[se]c2c1C(C)(C)C. The number of aryl methyl sites for hydroxylation is 1. The van der Waals surface area contributed by atoms with Crippen LogP contribution in [0.1, 0.15) is 30.8 Å². The van der Waals surface area contributed by atoms with E-state index in [1.54, 1.807) is 18.5 Å². The molecule has 0 aliphatic carbocycles. The summed E-state index contributed by atoms with van der Waals surface area (Å²) in [7, 11) is 0. The number of hydrogen-bond acceptors (Lipinski definition) is 0. The summed E-state index contributed by atoms with van der Waals surface area (Å²) in [4.78, 5) is 2.37. The molecule has 0 unspecified atom stereocenters. The van der Waals surface area contributed by atoms with Gasteiger partial charge in [0.05, 0.1) is 0 Å². The Bertz CT molecular complexity index is 426. The second-order valence-corrected chi connectivity index (χ2v) is 8.96. The number of fused-ring (bicyclic) bond motifs is 1. The standard InChI is InChI=1S/C11H14Se2/c1-7-9(11(2,3)4)10-8(13-7)5-6-12-10/h5-6H,1-4H3. The molecule has 0 aliphatic rings. The Balaban J connectivity index is 2.78. The number of hydrogen-bond donors (Lipinski definition) is 0. The van der Waals surface area contributed by atoms with Gasteiger partial charge in [0.2, 0.25) is 0 Å². The van der Waals surface area contributed by atoms with Crippen molar-refractivity contribution in [3.63, 3.8) is 0 Å². The first kappa shape index (κ1) is 9.80. The first-order valence-corrected chi connectivity index (χ1v) is 8.03. The Morgan fingerprint density at radius 3 is 2.54 bits per heavy atom. The summed E-state index contributed by atoms with van der Waals surface area (Å²) in [5, 5.41) is 0. The minimum absolute atomic E-state index is 0.358. The third-order valence-electron chi connectivity index (χ3n) is 2.22. The normalized spacial score (nSPS) is 12.6. The molecule has 0 spiro atoms. The van der Waals surface area contributed by atoms with E-state index in [4.69, 9.17) is 0 Å². The molecular weight excluding hydrogens is 290 g/mol. The summed E-state index contributed by atoms with van der Waals surface area (Å²) in [5.41, 5.74) is 2.03. The van der Waals surface area contributed by atoms with Gasteiger partial charge in [0.1, 0.15) is 0 Å². The van der Waals surface area contributed by atoms with E-state index in [0.29, 0.717) is 34.4 Å². The zero-order chi connectivity index (χ0) is 9.64. The molecule has 0 amide bonds. The summed E-state index contributed by atoms with van der Waals surface area (Å²) in [5.74, 6) is 0. The van der Waals surface area contributed by atoms with E-state index in [-0.39, 0.29) is 0 Å². The Hall–Kier alpha value is 0.259. The van der Waals surface area contributed by atoms with Crippen LogP contribution in [0.4, 0.5) is 0 Å². The predicted octanol–water partition coefficient (Wildman–Crippen LogP) is 2.56. The van der Waals surface area contributed by atoms with Gasteiger partial charge in [-0.2, -0.15) is 0 Å². The second kappa shape index (κ2) is 3.14. The van der Waals surface area contributed by atoms with Crippen molar-refractivity contribution >= 4 is 37.5 Å². The van der Waals surface area contributed by atoms with Gasteiger partial charge in [0, 0.05) is 0 Å². The van der Waals surface area contributed by atoms with Crippen molar-refractivity contribution in [2.24, 2.45) is 0 Å². The van der Waals surface area contributed by atoms with Crippen molar-refractivity contribution in [1.29, 1.82) is 0 Å². The molecule has 2 aromatic heterocycles. The predicted molar refractivity (Wildman–Crippen MR) is 61.3 cm³/mol. The van der Waals surface area contributed by atoms with Crippen molar-refractivity contribution < 1.29 is 0 Å². The third-order valence-corrected chi connectivity index (χ3v) is 7.08. The quantitative estimate of drug-likeness (QED) is 0.656. The van der Waals surface area contributed by atoms with Crippen molar-refractivity contribution in [3.8, 4) is 0 Å². The van der Waals surface area contributed by atoms with Gasteiger partial charge in [-0.1, -0.05) is 0 Å². The Morgan fingerprint density at radius 1 is 1.23 bits per heavy atom. The molecule has 0 N–H and O–H groups in total. The average Bonchev–Trinajstić information content (AvgIpc) is 2.41. The van der Waals surface area contributed by atoms with E-state index < -0.39 is 0 Å². The molecule has 0 radical (unpaired) electrons. The molecule has 2 rings (SSSR count). The fraction of sp³-hybridized carbons (Fsp3) is 0.455. The summed E-state index contributed by atoms with van der Waals surface area (Å²) >= 11 is 1.28. The van der Waals surface area contributed by atoms with Crippen LogP contribution in [-0.2, 0) is 5.41 Å². The van der Waals surface area contributed by atoms with Gasteiger partial charge in [0.15, 0.2) is 0 Å². The van der Waals surface area contributed by atoms with Gasteiger partial charge in [-0.05, 0) is 0 Å². The molecule has 0 aliphatic heterocycles. The molecule has 0 aromatic carbocycles. The van der Waals surface area contributed by atoms with Crippen molar-refractivity contribution in [3.05, 3.63) is 21.0 Å².